The van der Waals surface area contributed by atoms with Gasteiger partial charge >= 0.3 is 0 Å². The van der Waals surface area contributed by atoms with Crippen LogP contribution in [0.3, 0.4) is 0 Å². The van der Waals surface area contributed by atoms with Crippen molar-refractivity contribution in [2.45, 2.75) is 20.8 Å². The zero-order chi connectivity index (χ0) is 20.7. The molecule has 144 valence electrons. The molecule has 0 spiro atoms. The normalized spacial score (nSPS) is 15.9. The van der Waals surface area contributed by atoms with Gasteiger partial charge in [0, 0.05) is 29.7 Å². The number of carbonyl (C=O) groups excluding carboxylic acids is 3. The third kappa shape index (κ3) is 3.11. The van der Waals surface area contributed by atoms with Gasteiger partial charge in [0.25, 0.3) is 11.8 Å². The molecule has 0 aliphatic carbocycles. The highest BCUT2D eigenvalue weighted by molar-refractivity contribution is 7.80. The number of amides is 2. The molecule has 0 saturated carbocycles. The van der Waals surface area contributed by atoms with Crippen molar-refractivity contribution in [3.63, 3.8) is 0 Å². The molecule has 1 aliphatic heterocycles. The maximum atomic E-state index is 12.4. The fraction of sp³-hybridized carbons (Fsp3) is 0.200. The van der Waals surface area contributed by atoms with Crippen LogP contribution in [0.2, 0.25) is 0 Å². The average molecular weight is 396 g/mol. The molecule has 1 saturated heterocycles. The molecule has 2 amide bonds. The second kappa shape index (κ2) is 7.05. The molecule has 0 radical (unpaired) electrons. The zero-order valence-corrected chi connectivity index (χ0v) is 16.6. The van der Waals surface area contributed by atoms with Gasteiger partial charge in [0.1, 0.15) is 5.57 Å². The highest BCUT2D eigenvalue weighted by atomic mass is 32.1. The lowest BCUT2D eigenvalue weighted by Gasteiger charge is -2.25. The summed E-state index contributed by atoms with van der Waals surface area (Å²) in [6.07, 6.45) is 1.52. The van der Waals surface area contributed by atoms with Gasteiger partial charge in [0.05, 0.1) is 5.97 Å². The van der Waals surface area contributed by atoms with Crippen molar-refractivity contribution in [1.29, 1.82) is 0 Å². The highest BCUT2D eigenvalue weighted by Gasteiger charge is 2.31. The standard InChI is InChI=1S/C20H19N3O4S/c1-10-8-13(9-15-17(24)21-20(28)22(4)18(15)25)12(3)23(10)16-7-5-6-14(11(16)2)19(26)27/h5-9H,1-4H3,(H,26,27)(H,21,24,28)/p-1/b15-9+. The van der Waals surface area contributed by atoms with Crippen LogP contribution in [-0.4, -0.2) is 39.4 Å². The summed E-state index contributed by atoms with van der Waals surface area (Å²) in [5, 5.41) is 13.9. The van der Waals surface area contributed by atoms with Crippen molar-refractivity contribution < 1.29 is 19.5 Å². The van der Waals surface area contributed by atoms with Crippen molar-refractivity contribution >= 4 is 41.2 Å². The lowest BCUT2D eigenvalue weighted by atomic mass is 10.1. The fourth-order valence-electron chi connectivity index (χ4n) is 3.29. The van der Waals surface area contributed by atoms with Gasteiger partial charge in [-0.25, -0.2) is 0 Å². The van der Waals surface area contributed by atoms with Crippen LogP contribution in [-0.2, 0) is 9.59 Å². The second-order valence-corrected chi connectivity index (χ2v) is 6.97. The molecule has 0 unspecified atom stereocenters. The Labute approximate surface area is 167 Å². The summed E-state index contributed by atoms with van der Waals surface area (Å²) in [5.41, 5.74) is 3.63. The predicted molar refractivity (Wildman–Crippen MR) is 106 cm³/mol. The Morgan fingerprint density at radius 3 is 2.54 bits per heavy atom. The molecule has 28 heavy (non-hydrogen) atoms. The third-order valence-corrected chi connectivity index (χ3v) is 5.22. The van der Waals surface area contributed by atoms with E-state index >= 15 is 0 Å². The van der Waals surface area contributed by atoms with Crippen molar-refractivity contribution in [3.05, 3.63) is 57.9 Å². The Hall–Kier alpha value is -3.26. The van der Waals surface area contributed by atoms with Crippen LogP contribution in [0.25, 0.3) is 11.8 Å². The quantitative estimate of drug-likeness (QED) is 0.475. The van der Waals surface area contributed by atoms with Crippen LogP contribution in [0.5, 0.6) is 0 Å². The first-order valence-corrected chi connectivity index (χ1v) is 8.89. The van der Waals surface area contributed by atoms with E-state index < -0.39 is 17.8 Å². The summed E-state index contributed by atoms with van der Waals surface area (Å²) in [7, 11) is 1.50. The molecule has 1 N–H and O–H groups in total. The van der Waals surface area contributed by atoms with Crippen LogP contribution >= 0.6 is 12.2 Å². The molecule has 7 nitrogen and oxygen atoms in total. The molecule has 1 fully saturated rings. The molecule has 8 heteroatoms. The molecule has 0 atom stereocenters. The van der Waals surface area contributed by atoms with Crippen molar-refractivity contribution in [2.24, 2.45) is 0 Å². The maximum Gasteiger partial charge on any atom is 0.265 e. The van der Waals surface area contributed by atoms with E-state index in [-0.39, 0.29) is 16.2 Å². The van der Waals surface area contributed by atoms with E-state index in [0.717, 1.165) is 11.4 Å². The molecule has 1 aromatic heterocycles. The Kier molecular flexibility index (Phi) is 4.91. The number of carboxylic acid groups (broad SMARTS) is 1. The number of aryl methyl sites for hydroxylation is 1. The van der Waals surface area contributed by atoms with E-state index in [1.165, 1.54) is 24.1 Å². The fourth-order valence-corrected chi connectivity index (χ4v) is 3.47. The van der Waals surface area contributed by atoms with Gasteiger partial charge in [0.15, 0.2) is 5.11 Å². The minimum atomic E-state index is -1.24. The number of likely N-dealkylation sites (N-methyl/N-ethyl adjacent to an activating group) is 1. The molecule has 1 aliphatic rings. The predicted octanol–water partition coefficient (Wildman–Crippen LogP) is 1.02. The lowest BCUT2D eigenvalue weighted by Crippen LogP contribution is -2.52. The zero-order valence-electron chi connectivity index (χ0n) is 15.8. The number of nitrogens with one attached hydrogen (secondary N) is 1. The maximum absolute atomic E-state index is 12.4. The van der Waals surface area contributed by atoms with E-state index in [1.54, 1.807) is 13.0 Å². The summed E-state index contributed by atoms with van der Waals surface area (Å²) in [6.45, 7) is 5.42. The number of hydrogen-bond donors (Lipinski definition) is 1. The molecule has 2 aromatic rings. The van der Waals surface area contributed by atoms with Gasteiger partial charge in [0.2, 0.25) is 0 Å². The van der Waals surface area contributed by atoms with Crippen molar-refractivity contribution in [3.8, 4) is 5.69 Å². The SMILES string of the molecule is Cc1c(C(=O)[O-])cccc1-n1c(C)cc(/C=C2\C(=O)NC(=S)N(C)C2=O)c1C. The van der Waals surface area contributed by atoms with Crippen LogP contribution in [0, 0.1) is 20.8 Å². The minimum Gasteiger partial charge on any atom is -0.545 e. The second-order valence-electron chi connectivity index (χ2n) is 6.58. The number of hydrogen-bond acceptors (Lipinski definition) is 5. The first-order chi connectivity index (χ1) is 13.1. The number of carbonyl (C=O) groups is 3. The van der Waals surface area contributed by atoms with Gasteiger partial charge in [-0.2, -0.15) is 0 Å². The number of thiocarbonyl (C=S) groups is 1. The number of carboxylic acids is 1. The van der Waals surface area contributed by atoms with Crippen LogP contribution in [0.15, 0.2) is 29.8 Å². The Bertz CT molecular complexity index is 1080. The van der Waals surface area contributed by atoms with E-state index in [0.29, 0.717) is 16.8 Å². The largest absolute Gasteiger partial charge is 0.545 e. The van der Waals surface area contributed by atoms with Crippen LogP contribution < -0.4 is 10.4 Å². The van der Waals surface area contributed by atoms with Gasteiger partial charge < -0.3 is 14.5 Å². The van der Waals surface area contributed by atoms with Crippen LogP contribution in [0.4, 0.5) is 0 Å². The van der Waals surface area contributed by atoms with Gasteiger partial charge in [-0.3, -0.25) is 19.8 Å². The monoisotopic (exact) mass is 396 g/mol. The van der Waals surface area contributed by atoms with Crippen LogP contribution in [0.1, 0.15) is 32.9 Å². The number of rotatable bonds is 3. The molecule has 2 heterocycles. The van der Waals surface area contributed by atoms with Gasteiger partial charge in [-0.05, 0) is 62.3 Å². The molecule has 1 aromatic carbocycles. The van der Waals surface area contributed by atoms with Crippen molar-refractivity contribution in [2.75, 3.05) is 7.05 Å². The van der Waals surface area contributed by atoms with E-state index in [1.807, 2.05) is 30.5 Å². The molecule has 0 bridgehead atoms. The van der Waals surface area contributed by atoms with E-state index in [2.05, 4.69) is 5.32 Å². The molecule has 3 rings (SSSR count). The summed E-state index contributed by atoms with van der Waals surface area (Å²) in [5.74, 6) is -2.27. The van der Waals surface area contributed by atoms with E-state index in [9.17, 15) is 19.5 Å². The van der Waals surface area contributed by atoms with Gasteiger partial charge in [-0.15, -0.1) is 0 Å². The number of nitrogens with zero attached hydrogens (tertiary/aromatic N) is 2. The Morgan fingerprint density at radius 2 is 1.89 bits per heavy atom. The Morgan fingerprint density at radius 1 is 1.21 bits per heavy atom. The third-order valence-electron chi connectivity index (χ3n) is 4.84. The number of aromatic carboxylic acids is 1. The number of aromatic nitrogens is 1. The topological polar surface area (TPSA) is 94.5 Å². The summed E-state index contributed by atoms with van der Waals surface area (Å²) < 4.78 is 1.88. The minimum absolute atomic E-state index is 0.0171. The summed E-state index contributed by atoms with van der Waals surface area (Å²) in [4.78, 5) is 37.2. The first-order valence-electron chi connectivity index (χ1n) is 8.48. The van der Waals surface area contributed by atoms with Gasteiger partial charge in [-0.1, -0.05) is 12.1 Å². The smallest absolute Gasteiger partial charge is 0.265 e. The van der Waals surface area contributed by atoms with E-state index in [4.69, 9.17) is 12.2 Å². The Balaban J connectivity index is 2.13. The summed E-state index contributed by atoms with van der Waals surface area (Å²) >= 11 is 4.95. The molecular weight excluding hydrogens is 378 g/mol. The average Bonchev–Trinajstić information content (AvgIpc) is 2.90. The summed E-state index contributed by atoms with van der Waals surface area (Å²) in [6, 6.07) is 6.79. The first kappa shape index (κ1) is 19.5. The lowest BCUT2D eigenvalue weighted by molar-refractivity contribution is -0.255. The number of benzene rings is 1. The highest BCUT2D eigenvalue weighted by Crippen LogP contribution is 2.27. The molecular formula is C20H18N3O4S-. The van der Waals surface area contributed by atoms with Crippen molar-refractivity contribution in [1.82, 2.24) is 14.8 Å².